The van der Waals surface area contributed by atoms with E-state index in [1.165, 1.54) is 12.8 Å². The van der Waals surface area contributed by atoms with Crippen LogP contribution in [0.2, 0.25) is 10.3 Å². The maximum absolute atomic E-state index is 6.14. The molecule has 1 aliphatic rings. The lowest BCUT2D eigenvalue weighted by Crippen LogP contribution is -2.36. The van der Waals surface area contributed by atoms with Crippen molar-refractivity contribution in [3.05, 3.63) is 28.0 Å². The largest absolute Gasteiger partial charge is 0.317 e. The van der Waals surface area contributed by atoms with Crippen molar-refractivity contribution in [1.29, 1.82) is 0 Å². The average Bonchev–Trinajstić information content (AvgIpc) is 2.42. The minimum atomic E-state index is 0.454. The molecule has 0 atom stereocenters. The van der Waals surface area contributed by atoms with E-state index in [1.54, 1.807) is 6.07 Å². The Labute approximate surface area is 125 Å². The summed E-state index contributed by atoms with van der Waals surface area (Å²) >= 11 is 12.0. The van der Waals surface area contributed by atoms with Crippen LogP contribution >= 0.6 is 23.2 Å². The molecule has 106 valence electrons. The first-order valence-electron chi connectivity index (χ1n) is 6.93. The van der Waals surface area contributed by atoms with Crippen LogP contribution in [-0.4, -0.2) is 36.1 Å². The Morgan fingerprint density at radius 1 is 1.32 bits per heavy atom. The highest BCUT2D eigenvalue weighted by Crippen LogP contribution is 2.20. The van der Waals surface area contributed by atoms with Gasteiger partial charge in [0.2, 0.25) is 0 Å². The van der Waals surface area contributed by atoms with E-state index in [9.17, 15) is 0 Å². The first kappa shape index (κ1) is 15.0. The summed E-state index contributed by atoms with van der Waals surface area (Å²) in [6.07, 6.45) is 2.53. The van der Waals surface area contributed by atoms with Crippen molar-refractivity contribution >= 4 is 23.2 Å². The Balaban J connectivity index is 1.94. The third kappa shape index (κ3) is 4.60. The fourth-order valence-electron chi connectivity index (χ4n) is 2.53. The van der Waals surface area contributed by atoms with Gasteiger partial charge in [0.05, 0.1) is 0 Å². The number of hydrogen-bond donors (Lipinski definition) is 1. The molecule has 0 bridgehead atoms. The molecule has 0 unspecified atom stereocenters. The molecule has 0 saturated carbocycles. The lowest BCUT2D eigenvalue weighted by molar-refractivity contribution is 0.207. The molecule has 1 saturated heterocycles. The van der Waals surface area contributed by atoms with E-state index in [4.69, 9.17) is 23.2 Å². The Kier molecular flexibility index (Phi) is 5.89. The molecule has 2 rings (SSSR count). The predicted molar refractivity (Wildman–Crippen MR) is 80.8 cm³/mol. The van der Waals surface area contributed by atoms with Crippen LogP contribution in [0.1, 0.15) is 25.3 Å². The van der Waals surface area contributed by atoms with Crippen molar-refractivity contribution in [2.75, 3.05) is 26.2 Å². The van der Waals surface area contributed by atoms with Gasteiger partial charge in [-0.2, -0.15) is 0 Å². The molecule has 0 aromatic carbocycles. The fourth-order valence-corrected chi connectivity index (χ4v) is 2.94. The average molecular weight is 302 g/mol. The number of rotatable bonds is 5. The predicted octanol–water partition coefficient (Wildman–Crippen LogP) is 3.21. The van der Waals surface area contributed by atoms with E-state index >= 15 is 0 Å². The second-order valence-corrected chi connectivity index (χ2v) is 5.85. The van der Waals surface area contributed by atoms with Crippen molar-refractivity contribution in [1.82, 2.24) is 15.2 Å². The van der Waals surface area contributed by atoms with Gasteiger partial charge in [0.25, 0.3) is 0 Å². The van der Waals surface area contributed by atoms with Crippen LogP contribution in [0.4, 0.5) is 0 Å². The van der Waals surface area contributed by atoms with Crippen LogP contribution in [0.15, 0.2) is 12.1 Å². The maximum atomic E-state index is 6.14. The Hall–Kier alpha value is -0.350. The van der Waals surface area contributed by atoms with Gasteiger partial charge >= 0.3 is 0 Å². The highest BCUT2D eigenvalue weighted by molar-refractivity contribution is 6.32. The monoisotopic (exact) mass is 301 g/mol. The van der Waals surface area contributed by atoms with Crippen molar-refractivity contribution in [2.24, 2.45) is 5.92 Å². The zero-order valence-electron chi connectivity index (χ0n) is 11.3. The molecule has 1 aliphatic heterocycles. The summed E-state index contributed by atoms with van der Waals surface area (Å²) < 4.78 is 0. The van der Waals surface area contributed by atoms with Crippen LogP contribution in [0.25, 0.3) is 0 Å². The van der Waals surface area contributed by atoms with Gasteiger partial charge in [0.1, 0.15) is 10.3 Å². The minimum absolute atomic E-state index is 0.454. The molecule has 2 heterocycles. The fraction of sp³-hybridized carbons (Fsp3) is 0.643. The summed E-state index contributed by atoms with van der Waals surface area (Å²) in [5, 5.41) is 4.38. The lowest BCUT2D eigenvalue weighted by Gasteiger charge is -2.29. The lowest BCUT2D eigenvalue weighted by atomic mass is 9.97. The standard InChI is InChI=1S/C14H21Cl2N3/c1-2-19(9-11-5-7-17-8-6-11)10-12-3-4-13(15)18-14(12)16/h3-4,11,17H,2,5-10H2,1H3. The quantitative estimate of drug-likeness (QED) is 0.847. The molecule has 0 amide bonds. The zero-order valence-corrected chi connectivity index (χ0v) is 12.8. The Morgan fingerprint density at radius 3 is 2.68 bits per heavy atom. The van der Waals surface area contributed by atoms with Gasteiger partial charge in [0.15, 0.2) is 0 Å². The summed E-state index contributed by atoms with van der Waals surface area (Å²) in [5.41, 5.74) is 1.06. The molecule has 19 heavy (non-hydrogen) atoms. The molecule has 0 spiro atoms. The van der Waals surface area contributed by atoms with Crippen LogP contribution in [-0.2, 0) is 6.54 Å². The van der Waals surface area contributed by atoms with E-state index in [2.05, 4.69) is 22.1 Å². The normalized spacial score (nSPS) is 17.1. The van der Waals surface area contributed by atoms with Crippen LogP contribution in [0.5, 0.6) is 0 Å². The first-order valence-corrected chi connectivity index (χ1v) is 7.68. The zero-order chi connectivity index (χ0) is 13.7. The number of nitrogens with one attached hydrogen (secondary N) is 1. The number of nitrogens with zero attached hydrogens (tertiary/aromatic N) is 2. The van der Waals surface area contributed by atoms with E-state index in [1.807, 2.05) is 6.07 Å². The topological polar surface area (TPSA) is 28.2 Å². The second kappa shape index (κ2) is 7.44. The molecule has 1 aromatic heterocycles. The minimum Gasteiger partial charge on any atom is -0.317 e. The highest BCUT2D eigenvalue weighted by atomic mass is 35.5. The number of piperidine rings is 1. The van der Waals surface area contributed by atoms with Crippen molar-refractivity contribution in [3.8, 4) is 0 Å². The highest BCUT2D eigenvalue weighted by Gasteiger charge is 2.17. The van der Waals surface area contributed by atoms with Crippen molar-refractivity contribution < 1.29 is 0 Å². The van der Waals surface area contributed by atoms with Gasteiger partial charge in [-0.25, -0.2) is 4.98 Å². The number of pyridine rings is 1. The Bertz CT molecular complexity index is 406. The molecule has 0 aliphatic carbocycles. The number of hydrogen-bond acceptors (Lipinski definition) is 3. The molecule has 1 N–H and O–H groups in total. The third-order valence-corrected chi connectivity index (χ3v) is 4.25. The first-order chi connectivity index (χ1) is 9.19. The van der Waals surface area contributed by atoms with Gasteiger partial charge in [-0.1, -0.05) is 36.2 Å². The smallest absolute Gasteiger partial charge is 0.135 e. The molecule has 1 aromatic rings. The molecule has 1 fully saturated rings. The van der Waals surface area contributed by atoms with Gasteiger partial charge in [-0.3, -0.25) is 4.90 Å². The van der Waals surface area contributed by atoms with E-state index < -0.39 is 0 Å². The van der Waals surface area contributed by atoms with Gasteiger partial charge in [-0.05, 0) is 44.5 Å². The molecule has 3 nitrogen and oxygen atoms in total. The van der Waals surface area contributed by atoms with Crippen molar-refractivity contribution in [3.63, 3.8) is 0 Å². The van der Waals surface area contributed by atoms with Crippen LogP contribution in [0, 0.1) is 5.92 Å². The molecular weight excluding hydrogens is 281 g/mol. The van der Waals surface area contributed by atoms with Crippen LogP contribution in [0.3, 0.4) is 0 Å². The van der Waals surface area contributed by atoms with Gasteiger partial charge in [-0.15, -0.1) is 0 Å². The van der Waals surface area contributed by atoms with Gasteiger partial charge < -0.3 is 5.32 Å². The summed E-state index contributed by atoms with van der Waals surface area (Å²) in [4.78, 5) is 6.54. The third-order valence-electron chi connectivity index (χ3n) is 3.71. The van der Waals surface area contributed by atoms with E-state index in [0.29, 0.717) is 10.3 Å². The van der Waals surface area contributed by atoms with E-state index in [-0.39, 0.29) is 0 Å². The van der Waals surface area contributed by atoms with E-state index in [0.717, 1.165) is 44.2 Å². The van der Waals surface area contributed by atoms with Gasteiger partial charge in [0, 0.05) is 18.7 Å². The summed E-state index contributed by atoms with van der Waals surface area (Å²) in [6.45, 7) is 7.50. The van der Waals surface area contributed by atoms with Crippen LogP contribution < -0.4 is 5.32 Å². The SMILES string of the molecule is CCN(Cc1ccc(Cl)nc1Cl)CC1CCNCC1. The van der Waals surface area contributed by atoms with Crippen molar-refractivity contribution in [2.45, 2.75) is 26.3 Å². The maximum Gasteiger partial charge on any atom is 0.135 e. The second-order valence-electron chi connectivity index (χ2n) is 5.11. The summed E-state index contributed by atoms with van der Waals surface area (Å²) in [7, 11) is 0. The number of aromatic nitrogens is 1. The summed E-state index contributed by atoms with van der Waals surface area (Å²) in [6, 6.07) is 3.78. The molecular formula is C14H21Cl2N3. The molecule has 0 radical (unpaired) electrons. The Morgan fingerprint density at radius 2 is 2.05 bits per heavy atom. The summed E-state index contributed by atoms with van der Waals surface area (Å²) in [5.74, 6) is 0.792. The molecule has 5 heteroatoms. The number of halogens is 2.